The molecule has 0 radical (unpaired) electrons. The highest BCUT2D eigenvalue weighted by molar-refractivity contribution is 5.70. The molecule has 0 bridgehead atoms. The molecule has 2 N–H and O–H groups in total. The minimum Gasteiger partial charge on any atom is -0.469 e. The van der Waals surface area contributed by atoms with Gasteiger partial charge in [-0.2, -0.15) is 0 Å². The molecule has 0 saturated heterocycles. The van der Waals surface area contributed by atoms with Crippen LogP contribution in [0.2, 0.25) is 0 Å². The van der Waals surface area contributed by atoms with Gasteiger partial charge >= 0.3 is 5.97 Å². The second-order valence-electron chi connectivity index (χ2n) is 5.65. The van der Waals surface area contributed by atoms with Crippen LogP contribution in [0.5, 0.6) is 0 Å². The van der Waals surface area contributed by atoms with E-state index in [4.69, 9.17) is 10.5 Å². The van der Waals surface area contributed by atoms with Gasteiger partial charge in [0.1, 0.15) is 0 Å². The summed E-state index contributed by atoms with van der Waals surface area (Å²) in [4.78, 5) is 11.4. The molecule has 0 spiro atoms. The van der Waals surface area contributed by atoms with Gasteiger partial charge in [-0.3, -0.25) is 4.79 Å². The van der Waals surface area contributed by atoms with Crippen molar-refractivity contribution in [2.45, 2.75) is 46.0 Å². The lowest BCUT2D eigenvalue weighted by Gasteiger charge is -2.44. The highest BCUT2D eigenvalue weighted by Gasteiger charge is 2.40. The van der Waals surface area contributed by atoms with Gasteiger partial charge in [-0.05, 0) is 36.6 Å². The number of hydrogen-bond acceptors (Lipinski definition) is 3. The van der Waals surface area contributed by atoms with Crippen LogP contribution in [0.3, 0.4) is 0 Å². The number of carbonyl (C=O) groups is 1. The molecule has 1 unspecified atom stereocenters. The van der Waals surface area contributed by atoms with Gasteiger partial charge in [-0.15, -0.1) is 0 Å². The maximum Gasteiger partial charge on any atom is 0.306 e. The summed E-state index contributed by atoms with van der Waals surface area (Å²) in [5.74, 6) is -0.127. The number of methoxy groups -OCH3 is 1. The van der Waals surface area contributed by atoms with Crippen molar-refractivity contribution in [2.24, 2.45) is 16.6 Å². The Hall–Kier alpha value is -0.570. The van der Waals surface area contributed by atoms with E-state index >= 15 is 0 Å². The fourth-order valence-corrected chi connectivity index (χ4v) is 2.91. The Labute approximate surface area is 92.4 Å². The van der Waals surface area contributed by atoms with Crippen LogP contribution in [-0.2, 0) is 9.53 Å². The minimum atomic E-state index is -0.127. The predicted molar refractivity (Wildman–Crippen MR) is 60.4 cm³/mol. The van der Waals surface area contributed by atoms with Crippen LogP contribution in [0, 0.1) is 10.8 Å². The Morgan fingerprint density at radius 1 is 1.40 bits per heavy atom. The van der Waals surface area contributed by atoms with Gasteiger partial charge in [0.25, 0.3) is 0 Å². The molecule has 15 heavy (non-hydrogen) atoms. The summed E-state index contributed by atoms with van der Waals surface area (Å²) in [6.07, 6.45) is 4.97. The molecular weight excluding hydrogens is 190 g/mol. The number of rotatable bonds is 3. The topological polar surface area (TPSA) is 52.3 Å². The molecule has 1 fully saturated rings. The molecule has 0 aliphatic heterocycles. The van der Waals surface area contributed by atoms with Crippen LogP contribution in [0.1, 0.15) is 46.0 Å². The first-order valence-electron chi connectivity index (χ1n) is 5.70. The number of esters is 1. The van der Waals surface area contributed by atoms with Crippen molar-refractivity contribution < 1.29 is 9.53 Å². The molecule has 3 heteroatoms. The minimum absolute atomic E-state index is 0.0190. The van der Waals surface area contributed by atoms with Gasteiger partial charge < -0.3 is 10.5 Å². The Balaban J connectivity index is 2.71. The summed E-state index contributed by atoms with van der Waals surface area (Å²) in [5.41, 5.74) is 6.15. The Morgan fingerprint density at radius 3 is 2.53 bits per heavy atom. The molecule has 3 nitrogen and oxygen atoms in total. The van der Waals surface area contributed by atoms with E-state index in [1.165, 1.54) is 20.0 Å². The van der Waals surface area contributed by atoms with Gasteiger partial charge in [-0.1, -0.05) is 20.3 Å². The van der Waals surface area contributed by atoms with Crippen molar-refractivity contribution in [3.63, 3.8) is 0 Å². The summed E-state index contributed by atoms with van der Waals surface area (Å²) in [7, 11) is 1.44. The molecule has 0 aromatic heterocycles. The first-order chi connectivity index (χ1) is 6.93. The van der Waals surface area contributed by atoms with Gasteiger partial charge in [0, 0.05) is 0 Å². The lowest BCUT2D eigenvalue weighted by Crippen LogP contribution is -2.40. The molecule has 1 rings (SSSR count). The fraction of sp³-hybridized carbons (Fsp3) is 0.917. The molecule has 1 aliphatic rings. The van der Waals surface area contributed by atoms with E-state index in [9.17, 15) is 4.79 Å². The number of ether oxygens (including phenoxy) is 1. The first-order valence-corrected chi connectivity index (χ1v) is 5.70. The maximum absolute atomic E-state index is 11.4. The second-order valence-corrected chi connectivity index (χ2v) is 5.65. The highest BCUT2D eigenvalue weighted by atomic mass is 16.5. The van der Waals surface area contributed by atoms with Crippen LogP contribution >= 0.6 is 0 Å². The lowest BCUT2D eigenvalue weighted by molar-refractivity contribution is -0.144. The van der Waals surface area contributed by atoms with E-state index in [-0.39, 0.29) is 11.4 Å². The molecule has 88 valence electrons. The van der Waals surface area contributed by atoms with Crippen molar-refractivity contribution >= 4 is 5.97 Å². The number of nitrogens with two attached hydrogens (primary N) is 1. The van der Waals surface area contributed by atoms with Crippen molar-refractivity contribution in [1.29, 1.82) is 0 Å². The van der Waals surface area contributed by atoms with Gasteiger partial charge in [0.2, 0.25) is 0 Å². The molecule has 0 aromatic rings. The Morgan fingerprint density at radius 2 is 2.07 bits per heavy atom. The Kier molecular flexibility index (Phi) is 3.77. The van der Waals surface area contributed by atoms with Gasteiger partial charge in [0.15, 0.2) is 0 Å². The standard InChI is InChI=1S/C12H23NO2/c1-11(2)5-4-6-12(8-11,9-13)7-10(14)15-3/h4-9,13H2,1-3H3. The van der Waals surface area contributed by atoms with Gasteiger partial charge in [0.05, 0.1) is 13.5 Å². The molecule has 0 amide bonds. The van der Waals surface area contributed by atoms with Crippen molar-refractivity contribution in [1.82, 2.24) is 0 Å². The van der Waals surface area contributed by atoms with E-state index < -0.39 is 0 Å². The molecule has 1 aliphatic carbocycles. The SMILES string of the molecule is COC(=O)CC1(CN)CCCC(C)(C)C1. The maximum atomic E-state index is 11.4. The lowest BCUT2D eigenvalue weighted by atomic mass is 9.62. The van der Waals surface area contributed by atoms with E-state index in [2.05, 4.69) is 13.8 Å². The Bertz CT molecular complexity index is 238. The van der Waals surface area contributed by atoms with E-state index in [0.717, 1.165) is 12.8 Å². The first kappa shape index (κ1) is 12.5. The average molecular weight is 213 g/mol. The van der Waals surface area contributed by atoms with Crippen molar-refractivity contribution in [2.75, 3.05) is 13.7 Å². The third kappa shape index (κ3) is 3.20. The normalized spacial score (nSPS) is 29.9. The molecular formula is C12H23NO2. The van der Waals surface area contributed by atoms with E-state index in [1.54, 1.807) is 0 Å². The summed E-state index contributed by atoms with van der Waals surface area (Å²) in [6.45, 7) is 5.10. The second kappa shape index (κ2) is 4.52. The summed E-state index contributed by atoms with van der Waals surface area (Å²) in [6, 6.07) is 0. The predicted octanol–water partition coefficient (Wildman–Crippen LogP) is 2.09. The van der Waals surface area contributed by atoms with E-state index in [0.29, 0.717) is 18.4 Å². The number of hydrogen-bond donors (Lipinski definition) is 1. The number of carbonyl (C=O) groups excluding carboxylic acids is 1. The summed E-state index contributed by atoms with van der Waals surface area (Å²) in [5, 5.41) is 0. The quantitative estimate of drug-likeness (QED) is 0.730. The van der Waals surface area contributed by atoms with Crippen LogP contribution in [-0.4, -0.2) is 19.6 Å². The third-order valence-corrected chi connectivity index (χ3v) is 3.59. The molecule has 1 saturated carbocycles. The van der Waals surface area contributed by atoms with Crippen LogP contribution in [0.25, 0.3) is 0 Å². The molecule has 1 atom stereocenters. The monoisotopic (exact) mass is 213 g/mol. The summed E-state index contributed by atoms with van der Waals surface area (Å²) >= 11 is 0. The average Bonchev–Trinajstić information content (AvgIpc) is 2.16. The molecule has 0 aromatic carbocycles. The van der Waals surface area contributed by atoms with Gasteiger partial charge in [-0.25, -0.2) is 0 Å². The summed E-state index contributed by atoms with van der Waals surface area (Å²) < 4.78 is 4.75. The van der Waals surface area contributed by atoms with Crippen LogP contribution in [0.4, 0.5) is 0 Å². The van der Waals surface area contributed by atoms with Crippen LogP contribution in [0.15, 0.2) is 0 Å². The fourth-order valence-electron chi connectivity index (χ4n) is 2.91. The zero-order chi connectivity index (χ0) is 11.5. The highest BCUT2D eigenvalue weighted by Crippen LogP contribution is 2.47. The van der Waals surface area contributed by atoms with Crippen LogP contribution < -0.4 is 5.73 Å². The molecule has 0 heterocycles. The van der Waals surface area contributed by atoms with E-state index in [1.807, 2.05) is 0 Å². The zero-order valence-corrected chi connectivity index (χ0v) is 10.1. The third-order valence-electron chi connectivity index (χ3n) is 3.59. The van der Waals surface area contributed by atoms with Crippen molar-refractivity contribution in [3.8, 4) is 0 Å². The van der Waals surface area contributed by atoms with Crippen molar-refractivity contribution in [3.05, 3.63) is 0 Å². The zero-order valence-electron chi connectivity index (χ0n) is 10.1. The smallest absolute Gasteiger partial charge is 0.306 e. The largest absolute Gasteiger partial charge is 0.469 e.